The molecular weight excluding hydrogens is 317 g/mol. The number of hydrogen-bond donors (Lipinski definition) is 1. The van der Waals surface area contributed by atoms with E-state index in [1.165, 1.54) is 0 Å². The minimum absolute atomic E-state index is 0.238. The highest BCUT2D eigenvalue weighted by atomic mass is 31.2. The molecule has 3 aromatic carbocycles. The summed E-state index contributed by atoms with van der Waals surface area (Å²) >= 11 is 0. The van der Waals surface area contributed by atoms with Crippen molar-refractivity contribution in [1.29, 1.82) is 0 Å². The van der Waals surface area contributed by atoms with Crippen LogP contribution >= 0.6 is 7.14 Å². The van der Waals surface area contributed by atoms with Gasteiger partial charge in [-0.25, -0.2) is 0 Å². The Balaban J connectivity index is 2.33. The molecule has 3 rings (SSSR count). The van der Waals surface area contributed by atoms with Crippen LogP contribution in [0.3, 0.4) is 0 Å². The molecule has 0 bridgehead atoms. The molecule has 0 spiro atoms. The van der Waals surface area contributed by atoms with Crippen molar-refractivity contribution in [2.75, 3.05) is 7.05 Å². The predicted molar refractivity (Wildman–Crippen MR) is 99.2 cm³/mol. The molecule has 0 heterocycles. The van der Waals surface area contributed by atoms with Crippen LogP contribution in [0.2, 0.25) is 0 Å². The zero-order chi connectivity index (χ0) is 17.0. The van der Waals surface area contributed by atoms with Crippen molar-refractivity contribution in [3.63, 3.8) is 0 Å². The van der Waals surface area contributed by atoms with Gasteiger partial charge >= 0.3 is 0 Å². The van der Waals surface area contributed by atoms with Gasteiger partial charge in [0.1, 0.15) is 0 Å². The van der Waals surface area contributed by atoms with Gasteiger partial charge in [0.05, 0.1) is 5.56 Å². The second-order valence-electron chi connectivity index (χ2n) is 5.38. The molecule has 0 radical (unpaired) electrons. The van der Waals surface area contributed by atoms with Crippen LogP contribution in [-0.2, 0) is 4.57 Å². The zero-order valence-electron chi connectivity index (χ0n) is 13.3. The van der Waals surface area contributed by atoms with Crippen molar-refractivity contribution in [1.82, 2.24) is 5.32 Å². The Hall–Kier alpha value is -2.64. The van der Waals surface area contributed by atoms with Gasteiger partial charge in [-0.15, -0.1) is 0 Å². The molecule has 0 aliphatic rings. The number of carbonyl (C=O) groups excluding carboxylic acids is 1. The quantitative estimate of drug-likeness (QED) is 0.745. The van der Waals surface area contributed by atoms with Crippen LogP contribution in [0, 0.1) is 0 Å². The number of amides is 1. The highest BCUT2D eigenvalue weighted by Crippen LogP contribution is 2.43. The molecule has 4 heteroatoms. The second-order valence-corrected chi connectivity index (χ2v) is 8.11. The summed E-state index contributed by atoms with van der Waals surface area (Å²) in [7, 11) is -1.56. The van der Waals surface area contributed by atoms with Gasteiger partial charge in [-0.05, 0) is 6.07 Å². The number of benzene rings is 3. The minimum Gasteiger partial charge on any atom is -0.355 e. The summed E-state index contributed by atoms with van der Waals surface area (Å²) in [5, 5.41) is 4.62. The fraction of sp³-hybridized carbons (Fsp3) is 0.0500. The Morgan fingerprint density at radius 2 is 1.21 bits per heavy atom. The van der Waals surface area contributed by atoms with E-state index >= 15 is 0 Å². The Kier molecular flexibility index (Phi) is 4.64. The number of nitrogens with one attached hydrogen (secondary N) is 1. The Morgan fingerprint density at radius 3 is 1.71 bits per heavy atom. The molecule has 0 unspecified atom stereocenters. The van der Waals surface area contributed by atoms with Crippen molar-refractivity contribution in [2.45, 2.75) is 0 Å². The minimum atomic E-state index is -3.14. The van der Waals surface area contributed by atoms with Crippen LogP contribution in [0.1, 0.15) is 10.4 Å². The van der Waals surface area contributed by atoms with E-state index in [-0.39, 0.29) is 5.91 Å². The van der Waals surface area contributed by atoms with Gasteiger partial charge in [-0.1, -0.05) is 78.9 Å². The molecule has 1 N–H and O–H groups in total. The van der Waals surface area contributed by atoms with Crippen LogP contribution in [0.4, 0.5) is 0 Å². The molecule has 0 fully saturated rings. The number of rotatable bonds is 4. The average Bonchev–Trinajstić information content (AvgIpc) is 2.68. The summed E-state index contributed by atoms with van der Waals surface area (Å²) in [6.45, 7) is 0. The maximum absolute atomic E-state index is 14.3. The molecule has 0 aromatic heterocycles. The lowest BCUT2D eigenvalue weighted by Crippen LogP contribution is -2.31. The zero-order valence-corrected chi connectivity index (χ0v) is 14.2. The molecule has 1 amide bonds. The molecule has 0 aliphatic heterocycles. The average molecular weight is 335 g/mol. The molecule has 3 aromatic rings. The molecule has 0 saturated heterocycles. The molecule has 120 valence electrons. The van der Waals surface area contributed by atoms with E-state index in [2.05, 4.69) is 5.32 Å². The van der Waals surface area contributed by atoms with Crippen molar-refractivity contribution >= 4 is 29.0 Å². The third-order valence-corrected chi connectivity index (χ3v) is 7.07. The molecule has 0 atom stereocenters. The molecule has 0 saturated carbocycles. The standard InChI is InChI=1S/C20H18NO2P/c1-21-20(22)18-14-8-9-15-19(18)24(23,16-10-4-2-5-11-16)17-12-6-3-7-13-17/h2-15H,1H3,(H,21,22). The molecule has 3 nitrogen and oxygen atoms in total. The van der Waals surface area contributed by atoms with Crippen LogP contribution in [0.5, 0.6) is 0 Å². The predicted octanol–water partition coefficient (Wildman–Crippen LogP) is 2.69. The summed E-state index contributed by atoms with van der Waals surface area (Å²) in [4.78, 5) is 12.3. The Bertz CT molecular complexity index is 848. The number of carbonyl (C=O) groups is 1. The molecule has 24 heavy (non-hydrogen) atoms. The first-order chi connectivity index (χ1) is 11.7. The first-order valence-electron chi connectivity index (χ1n) is 7.71. The summed E-state index contributed by atoms with van der Waals surface area (Å²) in [5.74, 6) is -0.238. The largest absolute Gasteiger partial charge is 0.355 e. The summed E-state index contributed by atoms with van der Waals surface area (Å²) in [6, 6.07) is 25.8. The van der Waals surface area contributed by atoms with Gasteiger partial charge in [-0.3, -0.25) is 4.79 Å². The van der Waals surface area contributed by atoms with Gasteiger partial charge in [0, 0.05) is 23.0 Å². The van der Waals surface area contributed by atoms with E-state index in [1.54, 1.807) is 25.2 Å². The monoisotopic (exact) mass is 335 g/mol. The highest BCUT2D eigenvalue weighted by Gasteiger charge is 2.32. The maximum atomic E-state index is 14.3. The van der Waals surface area contributed by atoms with Gasteiger partial charge in [0.15, 0.2) is 7.14 Å². The lowest BCUT2D eigenvalue weighted by atomic mass is 10.2. The highest BCUT2D eigenvalue weighted by molar-refractivity contribution is 7.85. The van der Waals surface area contributed by atoms with Crippen molar-refractivity contribution in [2.24, 2.45) is 0 Å². The van der Waals surface area contributed by atoms with Gasteiger partial charge < -0.3 is 9.88 Å². The van der Waals surface area contributed by atoms with Crippen LogP contribution < -0.4 is 21.2 Å². The fourth-order valence-corrected chi connectivity index (χ4v) is 5.63. The Labute approximate surface area is 141 Å². The topological polar surface area (TPSA) is 46.2 Å². The summed E-state index contributed by atoms with van der Waals surface area (Å²) in [6.07, 6.45) is 0. The summed E-state index contributed by atoms with van der Waals surface area (Å²) < 4.78 is 14.3. The Morgan fingerprint density at radius 1 is 0.750 bits per heavy atom. The van der Waals surface area contributed by atoms with Gasteiger partial charge in [-0.2, -0.15) is 0 Å². The van der Waals surface area contributed by atoms with Crippen LogP contribution in [-0.4, -0.2) is 13.0 Å². The van der Waals surface area contributed by atoms with E-state index in [9.17, 15) is 9.36 Å². The van der Waals surface area contributed by atoms with Crippen LogP contribution in [0.25, 0.3) is 0 Å². The fourth-order valence-electron chi connectivity index (χ4n) is 2.78. The van der Waals surface area contributed by atoms with E-state index < -0.39 is 7.14 Å². The lowest BCUT2D eigenvalue weighted by molar-refractivity contribution is 0.0964. The van der Waals surface area contributed by atoms with Gasteiger partial charge in [0.25, 0.3) is 5.91 Å². The number of hydrogen-bond acceptors (Lipinski definition) is 2. The third-order valence-electron chi connectivity index (χ3n) is 3.95. The van der Waals surface area contributed by atoms with E-state index in [0.29, 0.717) is 21.5 Å². The lowest BCUT2D eigenvalue weighted by Gasteiger charge is -2.22. The normalized spacial score (nSPS) is 11.0. The van der Waals surface area contributed by atoms with E-state index in [1.807, 2.05) is 66.7 Å². The first-order valence-corrected chi connectivity index (χ1v) is 9.41. The molecular formula is C20H18NO2P. The van der Waals surface area contributed by atoms with Gasteiger partial charge in [0.2, 0.25) is 0 Å². The second kappa shape index (κ2) is 6.86. The van der Waals surface area contributed by atoms with Crippen molar-refractivity contribution in [3.05, 3.63) is 90.5 Å². The SMILES string of the molecule is CNC(=O)c1ccccc1P(=O)(c1ccccc1)c1ccccc1. The van der Waals surface area contributed by atoms with E-state index in [0.717, 1.165) is 0 Å². The maximum Gasteiger partial charge on any atom is 0.251 e. The first kappa shape index (κ1) is 16.2. The summed E-state index contributed by atoms with van der Waals surface area (Å²) in [5.41, 5.74) is 0.441. The third kappa shape index (κ3) is 2.79. The van der Waals surface area contributed by atoms with Crippen molar-refractivity contribution in [3.8, 4) is 0 Å². The smallest absolute Gasteiger partial charge is 0.251 e. The van der Waals surface area contributed by atoms with Crippen LogP contribution in [0.15, 0.2) is 84.9 Å². The molecule has 0 aliphatic carbocycles. The van der Waals surface area contributed by atoms with E-state index in [4.69, 9.17) is 0 Å². The van der Waals surface area contributed by atoms with Crippen molar-refractivity contribution < 1.29 is 9.36 Å².